The Hall–Kier alpha value is -1.77. The number of nitrogens with zero attached hydrogens (tertiary/aromatic N) is 1. The average Bonchev–Trinajstić information content (AvgIpc) is 2.65. The number of nitrogen functional groups attached to an aromatic ring is 1. The Balaban J connectivity index is 2.41. The summed E-state index contributed by atoms with van der Waals surface area (Å²) in [6.07, 6.45) is 1.01. The van der Waals surface area contributed by atoms with Gasteiger partial charge in [0.2, 0.25) is 0 Å². The first-order valence-corrected chi connectivity index (χ1v) is 4.61. The van der Waals surface area contributed by atoms with Gasteiger partial charge in [-0.1, -0.05) is 30.3 Å². The third kappa shape index (κ3) is 1.62. The molecule has 1 aromatic heterocycles. The molecule has 1 heterocycles. The van der Waals surface area contributed by atoms with E-state index >= 15 is 0 Å². The van der Waals surface area contributed by atoms with E-state index in [9.17, 15) is 0 Å². The fourth-order valence-electron chi connectivity index (χ4n) is 1.37. The Morgan fingerprint density at radius 1 is 1.36 bits per heavy atom. The highest BCUT2D eigenvalue weighted by Crippen LogP contribution is 2.22. The largest absolute Gasteiger partial charge is 0.381 e. The van der Waals surface area contributed by atoms with Crippen LogP contribution < -0.4 is 5.73 Å². The smallest absolute Gasteiger partial charge is 0.169 e. The summed E-state index contributed by atoms with van der Waals surface area (Å²) >= 11 is 0. The third-order valence-electron chi connectivity index (χ3n) is 2.15. The van der Waals surface area contributed by atoms with Crippen molar-refractivity contribution in [3.8, 4) is 11.3 Å². The van der Waals surface area contributed by atoms with E-state index in [-0.39, 0.29) is 0 Å². The SMILES string of the molecule is CCc1cccc(-c2cc(N)no2)c1. The lowest BCUT2D eigenvalue weighted by atomic mass is 10.1. The zero-order chi connectivity index (χ0) is 9.97. The van der Waals surface area contributed by atoms with Crippen LogP contribution in [0.3, 0.4) is 0 Å². The summed E-state index contributed by atoms with van der Waals surface area (Å²) in [4.78, 5) is 0. The molecule has 2 rings (SSSR count). The fourth-order valence-corrected chi connectivity index (χ4v) is 1.37. The quantitative estimate of drug-likeness (QED) is 0.787. The Kier molecular flexibility index (Phi) is 2.23. The van der Waals surface area contributed by atoms with E-state index in [2.05, 4.69) is 24.2 Å². The molecule has 0 unspecified atom stereocenters. The van der Waals surface area contributed by atoms with E-state index in [0.717, 1.165) is 17.7 Å². The molecule has 0 saturated heterocycles. The van der Waals surface area contributed by atoms with Gasteiger partial charge in [-0.3, -0.25) is 0 Å². The summed E-state index contributed by atoms with van der Waals surface area (Å²) in [5.41, 5.74) is 7.78. The molecular weight excluding hydrogens is 176 g/mol. The van der Waals surface area contributed by atoms with Gasteiger partial charge in [0.05, 0.1) is 0 Å². The van der Waals surface area contributed by atoms with Gasteiger partial charge in [0, 0.05) is 11.6 Å². The van der Waals surface area contributed by atoms with Crippen molar-refractivity contribution in [2.45, 2.75) is 13.3 Å². The minimum absolute atomic E-state index is 0.418. The van der Waals surface area contributed by atoms with Crippen LogP contribution in [0.5, 0.6) is 0 Å². The van der Waals surface area contributed by atoms with Crippen molar-refractivity contribution in [3.63, 3.8) is 0 Å². The standard InChI is InChI=1S/C11H12N2O/c1-2-8-4-3-5-9(6-8)10-7-11(12)13-14-10/h3-7H,2H2,1H3,(H2,12,13). The molecule has 0 saturated carbocycles. The molecule has 0 atom stereocenters. The van der Waals surface area contributed by atoms with Gasteiger partial charge in [-0.25, -0.2) is 0 Å². The lowest BCUT2D eigenvalue weighted by molar-refractivity contribution is 0.436. The first-order chi connectivity index (χ1) is 6.79. The molecule has 2 N–H and O–H groups in total. The van der Waals surface area contributed by atoms with Gasteiger partial charge in [-0.05, 0) is 18.1 Å². The fraction of sp³-hybridized carbons (Fsp3) is 0.182. The van der Waals surface area contributed by atoms with Gasteiger partial charge in [-0.15, -0.1) is 0 Å². The van der Waals surface area contributed by atoms with Gasteiger partial charge in [0.15, 0.2) is 11.6 Å². The molecule has 0 bridgehead atoms. The Morgan fingerprint density at radius 2 is 2.21 bits per heavy atom. The maximum absolute atomic E-state index is 5.48. The third-order valence-corrected chi connectivity index (χ3v) is 2.15. The molecular formula is C11H12N2O. The molecule has 0 aliphatic heterocycles. The molecule has 3 heteroatoms. The van der Waals surface area contributed by atoms with Crippen LogP contribution in [0.25, 0.3) is 11.3 Å². The van der Waals surface area contributed by atoms with E-state index in [1.165, 1.54) is 5.56 Å². The van der Waals surface area contributed by atoms with Gasteiger partial charge in [0.25, 0.3) is 0 Å². The molecule has 3 nitrogen and oxygen atoms in total. The monoisotopic (exact) mass is 188 g/mol. The van der Waals surface area contributed by atoms with Crippen LogP contribution in [-0.2, 0) is 6.42 Å². The van der Waals surface area contributed by atoms with Crippen molar-refractivity contribution >= 4 is 5.82 Å². The van der Waals surface area contributed by atoms with Crippen LogP contribution in [0.2, 0.25) is 0 Å². The number of aryl methyl sites for hydroxylation is 1. The highest BCUT2D eigenvalue weighted by Gasteiger charge is 2.04. The maximum Gasteiger partial charge on any atom is 0.169 e. The predicted octanol–water partition coefficient (Wildman–Crippen LogP) is 2.49. The summed E-state index contributed by atoms with van der Waals surface area (Å²) in [6.45, 7) is 2.12. The van der Waals surface area contributed by atoms with E-state index in [1.54, 1.807) is 6.07 Å². The highest BCUT2D eigenvalue weighted by molar-refractivity contribution is 5.60. The lowest BCUT2D eigenvalue weighted by Crippen LogP contribution is -1.81. The number of aromatic nitrogens is 1. The summed E-state index contributed by atoms with van der Waals surface area (Å²) in [5.74, 6) is 1.14. The minimum atomic E-state index is 0.418. The van der Waals surface area contributed by atoms with Crippen molar-refractivity contribution in [2.75, 3.05) is 5.73 Å². The highest BCUT2D eigenvalue weighted by atomic mass is 16.5. The molecule has 0 fully saturated rings. The number of nitrogens with two attached hydrogens (primary N) is 1. The lowest BCUT2D eigenvalue weighted by Gasteiger charge is -1.98. The molecule has 2 aromatic rings. The molecule has 0 aliphatic rings. The predicted molar refractivity (Wildman–Crippen MR) is 55.7 cm³/mol. The van der Waals surface area contributed by atoms with E-state index in [4.69, 9.17) is 10.3 Å². The number of hydrogen-bond donors (Lipinski definition) is 1. The number of benzene rings is 1. The van der Waals surface area contributed by atoms with Crippen LogP contribution in [0, 0.1) is 0 Å². The maximum atomic E-state index is 5.48. The minimum Gasteiger partial charge on any atom is -0.381 e. The zero-order valence-corrected chi connectivity index (χ0v) is 8.03. The van der Waals surface area contributed by atoms with Gasteiger partial charge in [0.1, 0.15) is 0 Å². The van der Waals surface area contributed by atoms with Gasteiger partial charge in [-0.2, -0.15) is 0 Å². The normalized spacial score (nSPS) is 10.4. The van der Waals surface area contributed by atoms with Crippen molar-refractivity contribution in [3.05, 3.63) is 35.9 Å². The number of anilines is 1. The Morgan fingerprint density at radius 3 is 2.86 bits per heavy atom. The van der Waals surface area contributed by atoms with Crippen LogP contribution in [0.15, 0.2) is 34.9 Å². The Labute approximate surface area is 82.5 Å². The molecule has 0 spiro atoms. The van der Waals surface area contributed by atoms with Crippen molar-refractivity contribution < 1.29 is 4.52 Å². The van der Waals surface area contributed by atoms with Crippen LogP contribution >= 0.6 is 0 Å². The number of rotatable bonds is 2. The van der Waals surface area contributed by atoms with Crippen molar-refractivity contribution in [2.24, 2.45) is 0 Å². The van der Waals surface area contributed by atoms with Gasteiger partial charge < -0.3 is 10.3 Å². The molecule has 0 aliphatic carbocycles. The summed E-state index contributed by atoms with van der Waals surface area (Å²) in [6, 6.07) is 9.89. The summed E-state index contributed by atoms with van der Waals surface area (Å²) in [7, 11) is 0. The Bertz CT molecular complexity index is 434. The summed E-state index contributed by atoms with van der Waals surface area (Å²) in [5, 5.41) is 3.65. The molecule has 1 aromatic carbocycles. The zero-order valence-electron chi connectivity index (χ0n) is 8.03. The molecule has 14 heavy (non-hydrogen) atoms. The van der Waals surface area contributed by atoms with E-state index in [0.29, 0.717) is 5.82 Å². The summed E-state index contributed by atoms with van der Waals surface area (Å²) < 4.78 is 5.07. The van der Waals surface area contributed by atoms with E-state index in [1.807, 2.05) is 12.1 Å². The first kappa shape index (κ1) is 8.81. The molecule has 72 valence electrons. The van der Waals surface area contributed by atoms with Crippen molar-refractivity contribution in [1.29, 1.82) is 0 Å². The van der Waals surface area contributed by atoms with Gasteiger partial charge >= 0.3 is 0 Å². The molecule has 0 amide bonds. The number of hydrogen-bond acceptors (Lipinski definition) is 3. The molecule has 0 radical (unpaired) electrons. The average molecular weight is 188 g/mol. The first-order valence-electron chi connectivity index (χ1n) is 4.61. The van der Waals surface area contributed by atoms with Crippen LogP contribution in [-0.4, -0.2) is 5.16 Å². The second-order valence-electron chi connectivity index (χ2n) is 3.17. The topological polar surface area (TPSA) is 52.0 Å². The van der Waals surface area contributed by atoms with E-state index < -0.39 is 0 Å². The van der Waals surface area contributed by atoms with Crippen LogP contribution in [0.4, 0.5) is 5.82 Å². The second kappa shape index (κ2) is 3.54. The van der Waals surface area contributed by atoms with Crippen molar-refractivity contribution in [1.82, 2.24) is 5.16 Å². The van der Waals surface area contributed by atoms with Crippen LogP contribution in [0.1, 0.15) is 12.5 Å². The second-order valence-corrected chi connectivity index (χ2v) is 3.17.